The third kappa shape index (κ3) is 4.11. The minimum Gasteiger partial charge on any atom is -0.497 e. The molecule has 2 aliphatic heterocycles. The summed E-state index contributed by atoms with van der Waals surface area (Å²) in [5.74, 6) is 0.00905. The molecule has 2 N–H and O–H groups in total. The maximum absolute atomic E-state index is 13.0. The zero-order valence-corrected chi connectivity index (χ0v) is 17.2. The zero-order valence-electron chi connectivity index (χ0n) is 16.4. The molecule has 2 saturated heterocycles. The second-order valence-electron chi connectivity index (χ2n) is 7.54. The average molecular weight is 428 g/mol. The van der Waals surface area contributed by atoms with E-state index in [0.29, 0.717) is 35.7 Å². The van der Waals surface area contributed by atoms with Gasteiger partial charge in [0.25, 0.3) is 5.91 Å². The third-order valence-electron chi connectivity index (χ3n) is 5.52. The maximum Gasteiger partial charge on any atom is 0.251 e. The largest absolute Gasteiger partial charge is 0.497 e. The van der Waals surface area contributed by atoms with Gasteiger partial charge in [0.05, 0.1) is 7.11 Å². The van der Waals surface area contributed by atoms with Crippen LogP contribution >= 0.6 is 11.6 Å². The number of ether oxygens (including phenoxy) is 1. The number of nitrogens with zero attached hydrogens (tertiary/aromatic N) is 1. The Balaban J connectivity index is 1.42. The Kier molecular flexibility index (Phi) is 5.63. The number of rotatable bonds is 5. The van der Waals surface area contributed by atoms with Gasteiger partial charge < -0.3 is 20.3 Å². The molecule has 0 unspecified atom stereocenters. The summed E-state index contributed by atoms with van der Waals surface area (Å²) in [5.41, 5.74) is 1.38. The smallest absolute Gasteiger partial charge is 0.251 e. The van der Waals surface area contributed by atoms with Crippen molar-refractivity contribution in [3.8, 4) is 5.75 Å². The number of piperazine rings is 1. The first kappa shape index (κ1) is 20.2. The topological polar surface area (TPSA) is 87.7 Å². The van der Waals surface area contributed by atoms with Crippen molar-refractivity contribution in [1.29, 1.82) is 0 Å². The number of carbonyl (C=O) groups excluding carboxylic acids is 3. The average Bonchev–Trinajstić information content (AvgIpc) is 3.18. The van der Waals surface area contributed by atoms with Crippen LogP contribution in [0.5, 0.6) is 5.75 Å². The van der Waals surface area contributed by atoms with Crippen LogP contribution in [0.3, 0.4) is 0 Å². The highest BCUT2D eigenvalue weighted by atomic mass is 35.5. The summed E-state index contributed by atoms with van der Waals surface area (Å²) < 4.78 is 5.15. The normalized spacial score (nSPS) is 23.0. The SMILES string of the molecule is COc1cccc(C(=O)N[C@H]2C[C@H]3C(=O)N[C@@H](Cc4ccc(Cl)cc4)C(=O)N3C2)c1. The molecule has 2 aromatic rings. The zero-order chi connectivity index (χ0) is 21.3. The van der Waals surface area contributed by atoms with Crippen LogP contribution in [0.2, 0.25) is 5.02 Å². The van der Waals surface area contributed by atoms with Crippen molar-refractivity contribution in [1.82, 2.24) is 15.5 Å². The minimum absolute atomic E-state index is 0.132. The number of nitrogens with one attached hydrogen (secondary N) is 2. The quantitative estimate of drug-likeness (QED) is 0.761. The van der Waals surface area contributed by atoms with Crippen molar-refractivity contribution in [3.05, 3.63) is 64.7 Å². The number of halogens is 1. The lowest BCUT2D eigenvalue weighted by Crippen LogP contribution is -2.61. The van der Waals surface area contributed by atoms with Crippen LogP contribution < -0.4 is 15.4 Å². The van der Waals surface area contributed by atoms with E-state index in [1.54, 1.807) is 41.3 Å². The summed E-state index contributed by atoms with van der Waals surface area (Å²) in [6, 6.07) is 12.6. The second kappa shape index (κ2) is 8.36. The number of hydrogen-bond donors (Lipinski definition) is 2. The van der Waals surface area contributed by atoms with Crippen molar-refractivity contribution < 1.29 is 19.1 Å². The maximum atomic E-state index is 13.0. The van der Waals surface area contributed by atoms with Crippen molar-refractivity contribution in [2.75, 3.05) is 13.7 Å². The Morgan fingerprint density at radius 1 is 1.23 bits per heavy atom. The van der Waals surface area contributed by atoms with Gasteiger partial charge in [-0.05, 0) is 42.3 Å². The lowest BCUT2D eigenvalue weighted by Gasteiger charge is -2.34. The Bertz CT molecular complexity index is 979. The summed E-state index contributed by atoms with van der Waals surface area (Å²) in [6.07, 6.45) is 0.784. The van der Waals surface area contributed by atoms with E-state index in [2.05, 4.69) is 10.6 Å². The van der Waals surface area contributed by atoms with Gasteiger partial charge in [-0.25, -0.2) is 0 Å². The molecule has 0 aliphatic carbocycles. The molecule has 4 rings (SSSR count). The summed E-state index contributed by atoms with van der Waals surface area (Å²) in [4.78, 5) is 39.7. The van der Waals surface area contributed by atoms with Crippen molar-refractivity contribution >= 4 is 29.3 Å². The van der Waals surface area contributed by atoms with Gasteiger partial charge >= 0.3 is 0 Å². The molecule has 2 heterocycles. The van der Waals surface area contributed by atoms with E-state index in [1.165, 1.54) is 7.11 Å². The fourth-order valence-electron chi connectivity index (χ4n) is 3.99. The van der Waals surface area contributed by atoms with E-state index >= 15 is 0 Å². The molecule has 0 bridgehead atoms. The molecule has 0 radical (unpaired) electrons. The highest BCUT2D eigenvalue weighted by Gasteiger charge is 2.46. The number of methoxy groups -OCH3 is 1. The van der Waals surface area contributed by atoms with Crippen molar-refractivity contribution in [2.24, 2.45) is 0 Å². The highest BCUT2D eigenvalue weighted by Crippen LogP contribution is 2.25. The van der Waals surface area contributed by atoms with E-state index in [4.69, 9.17) is 16.3 Å². The monoisotopic (exact) mass is 427 g/mol. The summed E-state index contributed by atoms with van der Waals surface area (Å²) in [7, 11) is 1.54. The molecule has 3 amide bonds. The molecule has 0 saturated carbocycles. The van der Waals surface area contributed by atoms with Crippen LogP contribution in [0.4, 0.5) is 0 Å². The Morgan fingerprint density at radius 2 is 2.00 bits per heavy atom. The number of amides is 3. The fraction of sp³-hybridized carbons (Fsp3) is 0.318. The molecule has 7 nitrogen and oxygen atoms in total. The summed E-state index contributed by atoms with van der Waals surface area (Å²) >= 11 is 5.91. The van der Waals surface area contributed by atoms with Crippen molar-refractivity contribution in [3.63, 3.8) is 0 Å². The molecule has 0 aromatic heterocycles. The van der Waals surface area contributed by atoms with Crippen molar-refractivity contribution in [2.45, 2.75) is 31.0 Å². The van der Waals surface area contributed by atoms with Crippen LogP contribution in [0, 0.1) is 0 Å². The molecule has 2 fully saturated rings. The first-order chi connectivity index (χ1) is 14.4. The van der Waals surface area contributed by atoms with E-state index in [0.717, 1.165) is 5.56 Å². The first-order valence-electron chi connectivity index (χ1n) is 9.75. The van der Waals surface area contributed by atoms with Gasteiger partial charge in [-0.3, -0.25) is 14.4 Å². The van der Waals surface area contributed by atoms with Gasteiger partial charge in [-0.15, -0.1) is 0 Å². The van der Waals surface area contributed by atoms with Crippen LogP contribution in [-0.2, 0) is 16.0 Å². The fourth-order valence-corrected chi connectivity index (χ4v) is 4.12. The van der Waals surface area contributed by atoms with Crippen LogP contribution in [0.25, 0.3) is 0 Å². The van der Waals surface area contributed by atoms with Gasteiger partial charge in [0, 0.05) is 29.6 Å². The van der Waals surface area contributed by atoms with Gasteiger partial charge in [-0.2, -0.15) is 0 Å². The van der Waals surface area contributed by atoms with Crippen LogP contribution in [0.1, 0.15) is 22.3 Å². The predicted octanol–water partition coefficient (Wildman–Crippen LogP) is 1.79. The predicted molar refractivity (Wildman–Crippen MR) is 111 cm³/mol. The summed E-state index contributed by atoms with van der Waals surface area (Å²) in [5, 5.41) is 6.38. The Morgan fingerprint density at radius 3 is 2.73 bits per heavy atom. The van der Waals surface area contributed by atoms with Crippen LogP contribution in [0.15, 0.2) is 48.5 Å². The van der Waals surface area contributed by atoms with E-state index in [9.17, 15) is 14.4 Å². The molecule has 0 spiro atoms. The molecular formula is C22H22ClN3O4. The van der Waals surface area contributed by atoms with Gasteiger partial charge in [0.1, 0.15) is 17.8 Å². The Hall–Kier alpha value is -3.06. The molecular weight excluding hydrogens is 406 g/mol. The lowest BCUT2D eigenvalue weighted by atomic mass is 10.0. The third-order valence-corrected chi connectivity index (χ3v) is 5.77. The first-order valence-corrected chi connectivity index (χ1v) is 10.1. The van der Waals surface area contributed by atoms with E-state index < -0.39 is 12.1 Å². The number of benzene rings is 2. The Labute approximate surface area is 179 Å². The van der Waals surface area contributed by atoms with Crippen LogP contribution in [-0.4, -0.2) is 54.4 Å². The number of fused-ring (bicyclic) bond motifs is 1. The molecule has 30 heavy (non-hydrogen) atoms. The molecule has 2 aliphatic rings. The number of carbonyl (C=O) groups is 3. The van der Waals surface area contributed by atoms with E-state index in [-0.39, 0.29) is 23.8 Å². The second-order valence-corrected chi connectivity index (χ2v) is 7.97. The van der Waals surface area contributed by atoms with Gasteiger partial charge in [-0.1, -0.05) is 29.8 Å². The minimum atomic E-state index is -0.622. The molecule has 2 aromatic carbocycles. The standard InChI is InChI=1S/C22H22ClN3O4/c1-30-17-4-2-3-14(10-17)20(27)24-16-11-19-21(28)25-18(22(29)26(19)12-16)9-13-5-7-15(23)8-6-13/h2-8,10,16,18-19H,9,11-12H2,1H3,(H,24,27)(H,25,28)/t16-,18-,19-/m0/s1. The molecule has 3 atom stereocenters. The molecule has 156 valence electrons. The molecule has 8 heteroatoms. The summed E-state index contributed by atoms with van der Waals surface area (Å²) in [6.45, 7) is 0.309. The lowest BCUT2D eigenvalue weighted by molar-refractivity contribution is -0.147. The van der Waals surface area contributed by atoms with E-state index in [1.807, 2.05) is 12.1 Å². The van der Waals surface area contributed by atoms with Gasteiger partial charge in [0.2, 0.25) is 11.8 Å². The van der Waals surface area contributed by atoms with Gasteiger partial charge in [0.15, 0.2) is 0 Å². The number of hydrogen-bond acceptors (Lipinski definition) is 4. The highest BCUT2D eigenvalue weighted by molar-refractivity contribution is 6.30.